The Bertz CT molecular complexity index is 1210. The minimum Gasteiger partial charge on any atom is -0.326 e. The third kappa shape index (κ3) is 3.71. The average Bonchev–Trinajstić information content (AvgIpc) is 3.19. The van der Waals surface area contributed by atoms with Crippen LogP contribution < -0.4 is 5.32 Å². The van der Waals surface area contributed by atoms with Gasteiger partial charge in [0.15, 0.2) is 17.3 Å². The van der Waals surface area contributed by atoms with E-state index in [1.807, 2.05) is 32.9 Å². The van der Waals surface area contributed by atoms with Gasteiger partial charge in [-0.1, -0.05) is 6.07 Å². The lowest BCUT2D eigenvalue weighted by Gasteiger charge is -2.07. The Labute approximate surface area is 166 Å². The normalized spacial score (nSPS) is 11.2. The molecule has 0 unspecified atom stereocenters. The van der Waals surface area contributed by atoms with Crippen molar-refractivity contribution >= 4 is 17.2 Å². The van der Waals surface area contributed by atoms with Gasteiger partial charge in [0.2, 0.25) is 5.91 Å². The number of hydrogen-bond acceptors (Lipinski definition) is 5. The minimum absolute atomic E-state index is 0.179. The van der Waals surface area contributed by atoms with E-state index in [4.69, 9.17) is 0 Å². The molecule has 148 valence electrons. The van der Waals surface area contributed by atoms with Gasteiger partial charge in [-0.15, -0.1) is 15.3 Å². The van der Waals surface area contributed by atoms with Crippen molar-refractivity contribution in [2.45, 2.75) is 33.6 Å². The Morgan fingerprint density at radius 3 is 2.72 bits per heavy atom. The van der Waals surface area contributed by atoms with E-state index in [9.17, 15) is 9.18 Å². The maximum atomic E-state index is 13.3. The molecule has 1 amide bonds. The number of carbonyl (C=O) groups excluding carboxylic acids is 1. The molecule has 0 aliphatic heterocycles. The number of hydrogen-bond donors (Lipinski definition) is 1. The fourth-order valence-electron chi connectivity index (χ4n) is 3.29. The Morgan fingerprint density at radius 2 is 1.93 bits per heavy atom. The van der Waals surface area contributed by atoms with Gasteiger partial charge in [-0.05, 0) is 63.1 Å². The van der Waals surface area contributed by atoms with E-state index in [1.165, 1.54) is 12.1 Å². The number of benzene rings is 1. The molecular formula is C20H20FN7O. The lowest BCUT2D eigenvalue weighted by molar-refractivity contribution is -0.116. The lowest BCUT2D eigenvalue weighted by atomic mass is 10.1. The smallest absolute Gasteiger partial charge is 0.224 e. The summed E-state index contributed by atoms with van der Waals surface area (Å²) in [6.45, 7) is 5.69. The molecule has 9 heteroatoms. The largest absolute Gasteiger partial charge is 0.326 e. The van der Waals surface area contributed by atoms with Gasteiger partial charge in [0.05, 0.1) is 5.69 Å². The van der Waals surface area contributed by atoms with Crippen molar-refractivity contribution in [1.29, 1.82) is 0 Å². The highest BCUT2D eigenvalue weighted by Crippen LogP contribution is 2.19. The summed E-state index contributed by atoms with van der Waals surface area (Å²) in [5, 5.41) is 19.9. The number of carbonyl (C=O) groups is 1. The molecule has 0 bridgehead atoms. The SMILES string of the molecule is Cc1nn(-c2ccc3nnc(C)n3n2)c(C)c1CCC(=O)Nc1cccc(F)c1. The van der Waals surface area contributed by atoms with Gasteiger partial charge in [-0.25, -0.2) is 9.07 Å². The molecule has 0 saturated heterocycles. The Balaban J connectivity index is 1.52. The second-order valence-corrected chi connectivity index (χ2v) is 6.83. The van der Waals surface area contributed by atoms with Crippen LogP contribution in [0.5, 0.6) is 0 Å². The zero-order valence-corrected chi connectivity index (χ0v) is 16.3. The fraction of sp³-hybridized carbons (Fsp3) is 0.250. The summed E-state index contributed by atoms with van der Waals surface area (Å²) >= 11 is 0. The molecule has 0 aliphatic carbocycles. The number of halogens is 1. The van der Waals surface area contributed by atoms with Crippen LogP contribution in [0.1, 0.15) is 29.2 Å². The van der Waals surface area contributed by atoms with Crippen LogP contribution in [-0.4, -0.2) is 35.5 Å². The van der Waals surface area contributed by atoms with Crippen LogP contribution in [0.2, 0.25) is 0 Å². The molecule has 1 aromatic carbocycles. The molecule has 4 aromatic rings. The zero-order chi connectivity index (χ0) is 20.5. The topological polar surface area (TPSA) is 90.0 Å². The number of aryl methyl sites for hydroxylation is 2. The lowest BCUT2D eigenvalue weighted by Crippen LogP contribution is -2.13. The van der Waals surface area contributed by atoms with Crippen LogP contribution in [0.15, 0.2) is 36.4 Å². The van der Waals surface area contributed by atoms with Crippen molar-refractivity contribution < 1.29 is 9.18 Å². The number of fused-ring (bicyclic) bond motifs is 1. The van der Waals surface area contributed by atoms with E-state index in [0.29, 0.717) is 29.4 Å². The molecule has 0 fully saturated rings. The van der Waals surface area contributed by atoms with E-state index in [0.717, 1.165) is 17.0 Å². The van der Waals surface area contributed by atoms with Crippen LogP contribution in [0, 0.1) is 26.6 Å². The van der Waals surface area contributed by atoms with Crippen LogP contribution >= 0.6 is 0 Å². The van der Waals surface area contributed by atoms with E-state index in [2.05, 4.69) is 25.7 Å². The van der Waals surface area contributed by atoms with Gasteiger partial charge in [-0.3, -0.25) is 4.79 Å². The summed E-state index contributed by atoms with van der Waals surface area (Å²) < 4.78 is 16.7. The first-order chi connectivity index (χ1) is 13.9. The summed E-state index contributed by atoms with van der Waals surface area (Å²) in [5.41, 5.74) is 3.85. The van der Waals surface area contributed by atoms with Gasteiger partial charge >= 0.3 is 0 Å². The van der Waals surface area contributed by atoms with Gasteiger partial charge in [0.1, 0.15) is 5.82 Å². The zero-order valence-electron chi connectivity index (χ0n) is 16.3. The Morgan fingerprint density at radius 1 is 1.10 bits per heavy atom. The van der Waals surface area contributed by atoms with Gasteiger partial charge < -0.3 is 5.32 Å². The molecule has 0 radical (unpaired) electrons. The number of amides is 1. The molecular weight excluding hydrogens is 373 g/mol. The number of nitrogens with zero attached hydrogens (tertiary/aromatic N) is 6. The number of rotatable bonds is 5. The van der Waals surface area contributed by atoms with Crippen molar-refractivity contribution in [3.63, 3.8) is 0 Å². The molecule has 1 N–H and O–H groups in total. The molecule has 0 spiro atoms. The van der Waals surface area contributed by atoms with Crippen molar-refractivity contribution in [2.24, 2.45) is 0 Å². The molecule has 3 aromatic heterocycles. The number of aromatic nitrogens is 6. The minimum atomic E-state index is -0.386. The molecule has 0 atom stereocenters. The highest BCUT2D eigenvalue weighted by atomic mass is 19.1. The van der Waals surface area contributed by atoms with Crippen molar-refractivity contribution in [1.82, 2.24) is 29.6 Å². The van der Waals surface area contributed by atoms with Crippen molar-refractivity contribution in [3.8, 4) is 5.82 Å². The van der Waals surface area contributed by atoms with E-state index < -0.39 is 0 Å². The molecule has 3 heterocycles. The third-order valence-electron chi connectivity index (χ3n) is 4.77. The molecule has 4 rings (SSSR count). The molecule has 8 nitrogen and oxygen atoms in total. The second-order valence-electron chi connectivity index (χ2n) is 6.83. The average molecular weight is 393 g/mol. The predicted molar refractivity (Wildman–Crippen MR) is 105 cm³/mol. The molecule has 0 aliphatic rings. The first-order valence-corrected chi connectivity index (χ1v) is 9.22. The summed E-state index contributed by atoms with van der Waals surface area (Å²) in [4.78, 5) is 12.3. The maximum Gasteiger partial charge on any atom is 0.224 e. The van der Waals surface area contributed by atoms with Gasteiger partial charge in [-0.2, -0.15) is 9.61 Å². The first kappa shape index (κ1) is 18.7. The van der Waals surface area contributed by atoms with Crippen LogP contribution in [0.25, 0.3) is 11.5 Å². The fourth-order valence-corrected chi connectivity index (χ4v) is 3.29. The van der Waals surface area contributed by atoms with Crippen LogP contribution in [0.3, 0.4) is 0 Å². The first-order valence-electron chi connectivity index (χ1n) is 9.22. The highest BCUT2D eigenvalue weighted by molar-refractivity contribution is 5.90. The molecule has 0 saturated carbocycles. The number of nitrogens with one attached hydrogen (secondary N) is 1. The standard InChI is InChI=1S/C20H20FN7O/c1-12-17(7-10-20(29)22-16-6-4-5-15(21)11-16)13(2)27(25-12)19-9-8-18-24-23-14(3)28(18)26-19/h4-6,8-9,11H,7,10H2,1-3H3,(H,22,29). The second kappa shape index (κ2) is 7.42. The van der Waals surface area contributed by atoms with E-state index >= 15 is 0 Å². The summed E-state index contributed by atoms with van der Waals surface area (Å²) in [7, 11) is 0. The Kier molecular flexibility index (Phi) is 4.79. The summed E-state index contributed by atoms with van der Waals surface area (Å²) in [6, 6.07) is 9.52. The summed E-state index contributed by atoms with van der Waals surface area (Å²) in [5.74, 6) is 0.777. The Hall–Kier alpha value is -3.62. The van der Waals surface area contributed by atoms with Crippen LogP contribution in [-0.2, 0) is 11.2 Å². The maximum absolute atomic E-state index is 13.3. The van der Waals surface area contributed by atoms with Crippen LogP contribution in [0.4, 0.5) is 10.1 Å². The number of anilines is 1. The predicted octanol–water partition coefficient (Wildman–Crippen LogP) is 2.95. The van der Waals surface area contributed by atoms with E-state index in [1.54, 1.807) is 21.3 Å². The third-order valence-corrected chi connectivity index (χ3v) is 4.77. The molecule has 29 heavy (non-hydrogen) atoms. The van der Waals surface area contributed by atoms with Crippen molar-refractivity contribution in [2.75, 3.05) is 5.32 Å². The van der Waals surface area contributed by atoms with E-state index in [-0.39, 0.29) is 18.1 Å². The highest BCUT2D eigenvalue weighted by Gasteiger charge is 2.16. The monoisotopic (exact) mass is 393 g/mol. The van der Waals surface area contributed by atoms with Gasteiger partial charge in [0.25, 0.3) is 0 Å². The quantitative estimate of drug-likeness (QED) is 0.563. The summed E-state index contributed by atoms with van der Waals surface area (Å²) in [6.07, 6.45) is 0.785. The van der Waals surface area contributed by atoms with Gasteiger partial charge in [0, 0.05) is 17.8 Å². The van der Waals surface area contributed by atoms with Crippen molar-refractivity contribution in [3.05, 3.63) is 65.0 Å².